The molecule has 0 radical (unpaired) electrons. The minimum Gasteiger partial charge on any atom is -0.303 e. The van der Waals surface area contributed by atoms with Crippen LogP contribution in [0.2, 0.25) is 5.02 Å². The molecule has 1 unspecified atom stereocenters. The minimum atomic E-state index is -0.167. The van der Waals surface area contributed by atoms with Crippen LogP contribution in [-0.4, -0.2) is 16.1 Å². The third-order valence-electron chi connectivity index (χ3n) is 2.12. The molecule has 4 heteroatoms. The van der Waals surface area contributed by atoms with Crippen LogP contribution in [0.1, 0.15) is 25.5 Å². The predicted octanol–water partition coefficient (Wildman–Crippen LogP) is 2.01. The van der Waals surface area contributed by atoms with Gasteiger partial charge in [0.05, 0.1) is 22.8 Å². The van der Waals surface area contributed by atoms with E-state index in [9.17, 15) is 4.79 Å². The molecular weight excluding hydrogens is 188 g/mol. The fraction of sp³-hybridized carbons (Fsp3) is 0.556. The monoisotopic (exact) mass is 200 g/mol. The Balaban J connectivity index is 3.10. The Morgan fingerprint density at radius 1 is 1.62 bits per heavy atom. The van der Waals surface area contributed by atoms with E-state index in [0.717, 1.165) is 12.0 Å². The van der Waals surface area contributed by atoms with E-state index in [2.05, 4.69) is 5.10 Å². The summed E-state index contributed by atoms with van der Waals surface area (Å²) in [5.41, 5.74) is 0.798. The summed E-state index contributed by atoms with van der Waals surface area (Å²) >= 11 is 5.92. The second-order valence-corrected chi connectivity index (χ2v) is 3.81. The van der Waals surface area contributed by atoms with Gasteiger partial charge in [0.2, 0.25) is 0 Å². The predicted molar refractivity (Wildman–Crippen MR) is 51.9 cm³/mol. The van der Waals surface area contributed by atoms with Crippen LogP contribution in [-0.2, 0) is 11.8 Å². The number of carbonyl (C=O) groups excluding carboxylic acids is 1. The Labute approximate surface area is 82.7 Å². The van der Waals surface area contributed by atoms with Gasteiger partial charge >= 0.3 is 0 Å². The third kappa shape index (κ3) is 1.91. The van der Waals surface area contributed by atoms with Crippen LogP contribution >= 0.6 is 11.6 Å². The lowest BCUT2D eigenvalue weighted by Crippen LogP contribution is -2.13. The molecule has 1 aromatic heterocycles. The molecule has 0 amide bonds. The standard InChI is InChI=1S/C9H13ClN2O/c1-6(2)7(5-13)9-8(10)4-11-12(9)3/h4-7H,1-3H3. The molecule has 0 N–H and O–H groups in total. The zero-order valence-corrected chi connectivity index (χ0v) is 8.75. The van der Waals surface area contributed by atoms with Gasteiger partial charge < -0.3 is 4.79 Å². The second kappa shape index (κ2) is 3.92. The summed E-state index contributed by atoms with van der Waals surface area (Å²) in [5, 5.41) is 4.56. The van der Waals surface area contributed by atoms with Gasteiger partial charge in [0.25, 0.3) is 0 Å². The molecule has 1 atom stereocenters. The van der Waals surface area contributed by atoms with Crippen molar-refractivity contribution in [3.05, 3.63) is 16.9 Å². The maximum absolute atomic E-state index is 10.8. The number of nitrogens with zero attached hydrogens (tertiary/aromatic N) is 2. The lowest BCUT2D eigenvalue weighted by Gasteiger charge is -2.14. The van der Waals surface area contributed by atoms with Crippen molar-refractivity contribution in [2.24, 2.45) is 13.0 Å². The number of aromatic nitrogens is 2. The number of hydrogen-bond donors (Lipinski definition) is 0. The van der Waals surface area contributed by atoms with Crippen LogP contribution in [0.15, 0.2) is 6.20 Å². The highest BCUT2D eigenvalue weighted by Crippen LogP contribution is 2.27. The average molecular weight is 201 g/mol. The van der Waals surface area contributed by atoms with Crippen LogP contribution in [0.3, 0.4) is 0 Å². The van der Waals surface area contributed by atoms with Gasteiger partial charge in [-0.05, 0) is 5.92 Å². The van der Waals surface area contributed by atoms with Crippen LogP contribution in [0, 0.1) is 5.92 Å². The molecule has 0 aliphatic carbocycles. The molecule has 1 aromatic rings. The van der Waals surface area contributed by atoms with Crippen molar-refractivity contribution in [3.63, 3.8) is 0 Å². The van der Waals surface area contributed by atoms with E-state index in [1.165, 1.54) is 0 Å². The van der Waals surface area contributed by atoms with Crippen LogP contribution in [0.25, 0.3) is 0 Å². The van der Waals surface area contributed by atoms with Gasteiger partial charge in [-0.15, -0.1) is 0 Å². The number of aldehydes is 1. The minimum absolute atomic E-state index is 0.167. The quantitative estimate of drug-likeness (QED) is 0.700. The van der Waals surface area contributed by atoms with Crippen molar-refractivity contribution in [2.75, 3.05) is 0 Å². The smallest absolute Gasteiger partial charge is 0.129 e. The summed E-state index contributed by atoms with van der Waals surface area (Å²) in [6.07, 6.45) is 2.49. The van der Waals surface area contributed by atoms with Gasteiger partial charge in [-0.1, -0.05) is 25.4 Å². The molecule has 0 spiro atoms. The number of rotatable bonds is 3. The Bertz CT molecular complexity index is 287. The van der Waals surface area contributed by atoms with Gasteiger partial charge in [0.15, 0.2) is 0 Å². The van der Waals surface area contributed by atoms with Crippen molar-refractivity contribution < 1.29 is 4.79 Å². The largest absolute Gasteiger partial charge is 0.303 e. The van der Waals surface area contributed by atoms with Gasteiger partial charge in [-0.3, -0.25) is 4.68 Å². The fourth-order valence-corrected chi connectivity index (χ4v) is 1.62. The summed E-state index contributed by atoms with van der Waals surface area (Å²) in [5.74, 6) is 0.0744. The molecule has 1 rings (SSSR count). The normalized spacial score (nSPS) is 13.3. The zero-order chi connectivity index (χ0) is 10.0. The highest BCUT2D eigenvalue weighted by molar-refractivity contribution is 6.31. The number of halogens is 1. The van der Waals surface area contributed by atoms with Gasteiger partial charge in [-0.2, -0.15) is 5.10 Å². The van der Waals surface area contributed by atoms with Crippen LogP contribution in [0.4, 0.5) is 0 Å². The highest BCUT2D eigenvalue weighted by atomic mass is 35.5. The summed E-state index contributed by atoms with van der Waals surface area (Å²) in [6, 6.07) is 0. The molecule has 72 valence electrons. The molecule has 0 saturated carbocycles. The number of hydrogen-bond acceptors (Lipinski definition) is 2. The van der Waals surface area contributed by atoms with Crippen molar-refractivity contribution in [2.45, 2.75) is 19.8 Å². The molecule has 0 aliphatic heterocycles. The topological polar surface area (TPSA) is 34.9 Å². The molecule has 1 heterocycles. The van der Waals surface area contributed by atoms with Gasteiger partial charge in [-0.25, -0.2) is 0 Å². The molecule has 13 heavy (non-hydrogen) atoms. The first kappa shape index (κ1) is 10.3. The number of aryl methyl sites for hydroxylation is 1. The summed E-state index contributed by atoms with van der Waals surface area (Å²) < 4.78 is 1.65. The lowest BCUT2D eigenvalue weighted by molar-refractivity contribution is -0.110. The first-order chi connectivity index (χ1) is 6.07. The van der Waals surface area contributed by atoms with Crippen molar-refractivity contribution in [1.82, 2.24) is 9.78 Å². The Morgan fingerprint density at radius 3 is 2.54 bits per heavy atom. The zero-order valence-electron chi connectivity index (χ0n) is 7.99. The van der Waals surface area contributed by atoms with Crippen molar-refractivity contribution in [3.8, 4) is 0 Å². The van der Waals surface area contributed by atoms with E-state index < -0.39 is 0 Å². The maximum atomic E-state index is 10.8. The van der Waals surface area contributed by atoms with E-state index in [1.807, 2.05) is 13.8 Å². The summed E-state index contributed by atoms with van der Waals surface area (Å²) in [7, 11) is 1.79. The third-order valence-corrected chi connectivity index (χ3v) is 2.41. The van der Waals surface area contributed by atoms with Gasteiger partial charge in [0.1, 0.15) is 6.29 Å². The Kier molecular flexibility index (Phi) is 3.09. The average Bonchev–Trinajstić information content (AvgIpc) is 2.36. The Morgan fingerprint density at radius 2 is 2.23 bits per heavy atom. The molecule has 0 aliphatic rings. The van der Waals surface area contributed by atoms with E-state index >= 15 is 0 Å². The molecule has 0 fully saturated rings. The number of carbonyl (C=O) groups is 1. The summed E-state index contributed by atoms with van der Waals surface area (Å²) in [4.78, 5) is 10.8. The fourth-order valence-electron chi connectivity index (χ4n) is 1.33. The Hall–Kier alpha value is -0.830. The van der Waals surface area contributed by atoms with Crippen molar-refractivity contribution in [1.29, 1.82) is 0 Å². The maximum Gasteiger partial charge on any atom is 0.129 e. The van der Waals surface area contributed by atoms with Crippen LogP contribution in [0.5, 0.6) is 0 Å². The van der Waals surface area contributed by atoms with E-state index in [-0.39, 0.29) is 11.8 Å². The van der Waals surface area contributed by atoms with E-state index in [4.69, 9.17) is 11.6 Å². The van der Waals surface area contributed by atoms with E-state index in [0.29, 0.717) is 5.02 Å². The highest BCUT2D eigenvalue weighted by Gasteiger charge is 2.21. The molecular formula is C9H13ClN2O. The molecule has 0 saturated heterocycles. The molecule has 0 bridgehead atoms. The van der Waals surface area contributed by atoms with Crippen molar-refractivity contribution >= 4 is 17.9 Å². The van der Waals surface area contributed by atoms with E-state index in [1.54, 1.807) is 17.9 Å². The summed E-state index contributed by atoms with van der Waals surface area (Å²) in [6.45, 7) is 3.98. The second-order valence-electron chi connectivity index (χ2n) is 3.41. The lowest BCUT2D eigenvalue weighted by atomic mass is 9.94. The SMILES string of the molecule is CC(C)C(C=O)c1c(Cl)cnn1C. The molecule has 3 nitrogen and oxygen atoms in total. The first-order valence-corrected chi connectivity index (χ1v) is 4.58. The first-order valence-electron chi connectivity index (χ1n) is 4.20. The van der Waals surface area contributed by atoms with Crippen LogP contribution < -0.4 is 0 Å². The molecule has 0 aromatic carbocycles. The van der Waals surface area contributed by atoms with Gasteiger partial charge in [0, 0.05) is 7.05 Å².